The third kappa shape index (κ3) is 15.5. The minimum atomic E-state index is -5.08. The van der Waals surface area contributed by atoms with Crippen LogP contribution in [0.15, 0.2) is 48.9 Å². The molecule has 0 unspecified atom stereocenters. The normalized spacial score (nSPS) is 16.4. The van der Waals surface area contributed by atoms with Gasteiger partial charge in [0.15, 0.2) is 0 Å². The third-order valence-electron chi connectivity index (χ3n) is 6.04. The second kappa shape index (κ2) is 17.4. The van der Waals surface area contributed by atoms with Crippen LogP contribution in [0.2, 0.25) is 0 Å². The SMILES string of the molecule is O=C(O)C(F)(F)F.O=C(O)C(F)(F)F.O=C(O)C(F)(F)F.O=C1COC2(CCN(Cc3cccnc3)CC2)CN1Cc1ccccn1. The lowest BCUT2D eigenvalue weighted by atomic mass is 9.89. The van der Waals surface area contributed by atoms with Crippen molar-refractivity contribution in [3.8, 4) is 0 Å². The molecule has 2 aromatic rings. The molecule has 262 valence electrons. The van der Waals surface area contributed by atoms with Gasteiger partial charge in [0.1, 0.15) is 6.61 Å². The van der Waals surface area contributed by atoms with Gasteiger partial charge in [0.2, 0.25) is 5.91 Å². The van der Waals surface area contributed by atoms with Crippen LogP contribution >= 0.6 is 0 Å². The fourth-order valence-electron chi connectivity index (χ4n) is 3.79. The van der Waals surface area contributed by atoms with Crippen molar-refractivity contribution in [2.75, 3.05) is 26.2 Å². The Kier molecular flexibility index (Phi) is 15.0. The number of carbonyl (C=O) groups is 4. The molecule has 1 amide bonds. The van der Waals surface area contributed by atoms with E-state index < -0.39 is 36.4 Å². The third-order valence-corrected chi connectivity index (χ3v) is 6.04. The van der Waals surface area contributed by atoms with Crippen LogP contribution in [0.3, 0.4) is 0 Å². The Morgan fingerprint density at radius 2 is 1.30 bits per heavy atom. The van der Waals surface area contributed by atoms with Gasteiger partial charge in [-0.1, -0.05) is 12.1 Å². The highest BCUT2D eigenvalue weighted by atomic mass is 19.4. The van der Waals surface area contributed by atoms with Crippen LogP contribution in [0.1, 0.15) is 24.1 Å². The molecule has 2 fully saturated rings. The summed E-state index contributed by atoms with van der Waals surface area (Å²) >= 11 is 0. The number of pyridine rings is 2. The highest BCUT2D eigenvalue weighted by molar-refractivity contribution is 5.78. The number of amides is 1. The van der Waals surface area contributed by atoms with Crippen LogP contribution in [0.4, 0.5) is 39.5 Å². The number of carboxylic acid groups (broad SMARTS) is 3. The molecule has 0 radical (unpaired) electrons. The molecule has 47 heavy (non-hydrogen) atoms. The maximum absolute atomic E-state index is 12.3. The number of carboxylic acids is 3. The van der Waals surface area contributed by atoms with E-state index in [1.165, 1.54) is 5.56 Å². The van der Waals surface area contributed by atoms with E-state index in [0.29, 0.717) is 13.1 Å². The van der Waals surface area contributed by atoms with Gasteiger partial charge < -0.3 is 25.0 Å². The van der Waals surface area contributed by atoms with Crippen LogP contribution in [0, 0.1) is 0 Å². The first-order chi connectivity index (χ1) is 21.6. The molecule has 0 bridgehead atoms. The molecule has 0 aliphatic carbocycles. The summed E-state index contributed by atoms with van der Waals surface area (Å²) in [6.07, 6.45) is -7.86. The second-order valence-corrected chi connectivity index (χ2v) is 9.59. The number of hydrogen-bond donors (Lipinski definition) is 3. The van der Waals surface area contributed by atoms with Crippen molar-refractivity contribution in [1.29, 1.82) is 0 Å². The van der Waals surface area contributed by atoms with Crippen LogP contribution in [-0.2, 0) is 37.0 Å². The molecule has 3 N–H and O–H groups in total. The first-order valence-electron chi connectivity index (χ1n) is 12.9. The number of rotatable bonds is 4. The van der Waals surface area contributed by atoms with Crippen LogP contribution < -0.4 is 0 Å². The van der Waals surface area contributed by atoms with Crippen LogP contribution in [0.5, 0.6) is 0 Å². The minimum Gasteiger partial charge on any atom is -0.475 e. The zero-order valence-corrected chi connectivity index (χ0v) is 23.8. The number of piperidine rings is 1. The monoisotopic (exact) mass is 694 g/mol. The predicted octanol–water partition coefficient (Wildman–Crippen LogP) is 3.77. The molecule has 12 nitrogen and oxygen atoms in total. The Hall–Kier alpha value is -4.53. The molecule has 21 heteroatoms. The Morgan fingerprint density at radius 1 is 0.787 bits per heavy atom. The summed E-state index contributed by atoms with van der Waals surface area (Å²) in [5.74, 6) is -8.22. The number of hydrogen-bond acceptors (Lipinski definition) is 8. The lowest BCUT2D eigenvalue weighted by Crippen LogP contribution is -2.58. The fraction of sp³-hybridized carbons (Fsp3) is 0.462. The lowest BCUT2D eigenvalue weighted by molar-refractivity contribution is -0.193. The zero-order valence-electron chi connectivity index (χ0n) is 23.8. The molecule has 2 aliphatic heterocycles. The molecule has 0 aromatic carbocycles. The molecular formula is C26H27F9N4O8. The molecular weight excluding hydrogens is 667 g/mol. The lowest BCUT2D eigenvalue weighted by Gasteiger charge is -2.47. The van der Waals surface area contributed by atoms with E-state index in [4.69, 9.17) is 34.4 Å². The van der Waals surface area contributed by atoms with Crippen molar-refractivity contribution in [1.82, 2.24) is 19.8 Å². The fourth-order valence-corrected chi connectivity index (χ4v) is 3.79. The number of ether oxygens (including phenoxy) is 1. The molecule has 4 heterocycles. The van der Waals surface area contributed by atoms with E-state index in [9.17, 15) is 44.3 Å². The summed E-state index contributed by atoms with van der Waals surface area (Å²) in [5.41, 5.74) is 1.94. The molecule has 2 saturated heterocycles. The zero-order chi connectivity index (χ0) is 36.1. The van der Waals surface area contributed by atoms with Crippen molar-refractivity contribution in [3.63, 3.8) is 0 Å². The largest absolute Gasteiger partial charge is 0.490 e. The van der Waals surface area contributed by atoms with Crippen molar-refractivity contribution < 1.29 is 78.7 Å². The number of likely N-dealkylation sites (tertiary alicyclic amines) is 1. The van der Waals surface area contributed by atoms with Crippen molar-refractivity contribution >= 4 is 23.8 Å². The van der Waals surface area contributed by atoms with E-state index in [0.717, 1.165) is 38.2 Å². The second-order valence-electron chi connectivity index (χ2n) is 9.59. The minimum absolute atomic E-state index is 0.0547. The molecule has 4 rings (SSSR count). The molecule has 2 aromatic heterocycles. The van der Waals surface area contributed by atoms with Crippen LogP contribution in [0.25, 0.3) is 0 Å². The summed E-state index contributed by atoms with van der Waals surface area (Å²) in [6, 6.07) is 9.91. The van der Waals surface area contributed by atoms with Gasteiger partial charge in [-0.2, -0.15) is 39.5 Å². The van der Waals surface area contributed by atoms with Crippen molar-refractivity contribution in [2.45, 2.75) is 50.1 Å². The Bertz CT molecular complexity index is 1250. The van der Waals surface area contributed by atoms with Gasteiger partial charge in [-0.05, 0) is 36.6 Å². The summed E-state index contributed by atoms with van der Waals surface area (Å²) in [6.45, 7) is 4.25. The molecule has 0 saturated carbocycles. The number of nitrogens with zero attached hydrogens (tertiary/aromatic N) is 4. The Balaban J connectivity index is 0.000000430. The summed E-state index contributed by atoms with van der Waals surface area (Å²) in [7, 11) is 0. The highest BCUT2D eigenvalue weighted by Gasteiger charge is 2.42. The van der Waals surface area contributed by atoms with Gasteiger partial charge in [-0.15, -0.1) is 0 Å². The molecule has 1 spiro atoms. The molecule has 2 aliphatic rings. The first kappa shape index (κ1) is 40.5. The van der Waals surface area contributed by atoms with Gasteiger partial charge in [0, 0.05) is 38.2 Å². The smallest absolute Gasteiger partial charge is 0.475 e. The highest BCUT2D eigenvalue weighted by Crippen LogP contribution is 2.31. The maximum atomic E-state index is 12.3. The standard InChI is InChI=1S/C20H24N4O2.3C2HF3O2/c25-19-15-26-20(16-24(19)14-18-5-1-2-9-22-18)6-10-23(11-7-20)13-17-4-3-8-21-12-17;3*3-2(4,5)1(6)7/h1-5,8-9,12H,6-7,10-11,13-16H2;3*(H,6,7). The quantitative estimate of drug-likeness (QED) is 0.398. The Labute approximate surface area is 259 Å². The van der Waals surface area contributed by atoms with E-state index in [-0.39, 0.29) is 18.1 Å². The summed E-state index contributed by atoms with van der Waals surface area (Å²) < 4.78 is 101. The van der Waals surface area contributed by atoms with E-state index in [1.54, 1.807) is 12.4 Å². The molecule has 0 atom stereocenters. The predicted molar refractivity (Wildman–Crippen MR) is 138 cm³/mol. The first-order valence-corrected chi connectivity index (χ1v) is 12.9. The number of morpholine rings is 1. The van der Waals surface area contributed by atoms with Crippen molar-refractivity contribution in [3.05, 3.63) is 60.2 Å². The van der Waals surface area contributed by atoms with E-state index in [1.807, 2.05) is 35.4 Å². The van der Waals surface area contributed by atoms with Crippen molar-refractivity contribution in [2.24, 2.45) is 0 Å². The summed E-state index contributed by atoms with van der Waals surface area (Å²) in [4.78, 5) is 51.9. The summed E-state index contributed by atoms with van der Waals surface area (Å²) in [5, 5.41) is 21.4. The number of halogens is 9. The van der Waals surface area contributed by atoms with Crippen LogP contribution in [-0.4, -0.2) is 109 Å². The Morgan fingerprint density at radius 3 is 1.70 bits per heavy atom. The topological polar surface area (TPSA) is 170 Å². The van der Waals surface area contributed by atoms with Gasteiger partial charge in [-0.3, -0.25) is 19.7 Å². The number of aliphatic carboxylic acids is 3. The van der Waals surface area contributed by atoms with E-state index in [2.05, 4.69) is 20.9 Å². The maximum Gasteiger partial charge on any atom is 0.490 e. The van der Waals surface area contributed by atoms with E-state index >= 15 is 0 Å². The van der Waals surface area contributed by atoms with Gasteiger partial charge in [0.05, 0.1) is 24.4 Å². The number of aromatic nitrogens is 2. The van der Waals surface area contributed by atoms with Gasteiger partial charge in [0.25, 0.3) is 0 Å². The average molecular weight is 695 g/mol. The number of carbonyl (C=O) groups excluding carboxylic acids is 1. The van der Waals surface area contributed by atoms with Gasteiger partial charge in [-0.25, -0.2) is 14.4 Å². The average Bonchev–Trinajstić information content (AvgIpc) is 2.97. The van der Waals surface area contributed by atoms with Gasteiger partial charge >= 0.3 is 36.4 Å². The number of alkyl halides is 9.